The molecule has 1 N–H and O–H groups in total. The van der Waals surface area contributed by atoms with Crippen molar-refractivity contribution in [3.63, 3.8) is 0 Å². The Labute approximate surface area is 86.0 Å². The highest BCUT2D eigenvalue weighted by Crippen LogP contribution is 2.13. The zero-order valence-corrected chi connectivity index (χ0v) is 9.72. The van der Waals surface area contributed by atoms with Gasteiger partial charge in [0.2, 0.25) is 0 Å². The van der Waals surface area contributed by atoms with E-state index in [0.29, 0.717) is 13.0 Å². The van der Waals surface area contributed by atoms with E-state index in [-0.39, 0.29) is 12.0 Å². The predicted molar refractivity (Wildman–Crippen MR) is 55.2 cm³/mol. The van der Waals surface area contributed by atoms with Crippen LogP contribution in [-0.4, -0.2) is 38.4 Å². The maximum Gasteiger partial charge on any atom is 0.325 e. The number of ether oxygens (including phenoxy) is 2. The highest BCUT2D eigenvalue weighted by molar-refractivity contribution is 5.80. The second-order valence-electron chi connectivity index (χ2n) is 3.87. The summed E-state index contributed by atoms with van der Waals surface area (Å²) in [6.45, 7) is 6.35. The third-order valence-corrected chi connectivity index (χ3v) is 2.05. The molecule has 84 valence electrons. The van der Waals surface area contributed by atoms with E-state index in [0.717, 1.165) is 0 Å². The van der Waals surface area contributed by atoms with Crippen LogP contribution in [0.2, 0.25) is 0 Å². The number of carbonyl (C=O) groups is 1. The fourth-order valence-electron chi connectivity index (χ4n) is 1.40. The van der Waals surface area contributed by atoms with Crippen LogP contribution in [0.3, 0.4) is 0 Å². The molecule has 4 nitrogen and oxygen atoms in total. The normalized spacial score (nSPS) is 15.3. The summed E-state index contributed by atoms with van der Waals surface area (Å²) in [6, 6.07) is 0.232. The quantitative estimate of drug-likeness (QED) is 0.653. The summed E-state index contributed by atoms with van der Waals surface area (Å²) in [4.78, 5) is 11.5. The Morgan fingerprint density at radius 1 is 1.43 bits per heavy atom. The van der Waals surface area contributed by atoms with E-state index >= 15 is 0 Å². The van der Waals surface area contributed by atoms with Gasteiger partial charge in [-0.25, -0.2) is 0 Å². The molecular formula is C10H21NO3. The van der Waals surface area contributed by atoms with Crippen LogP contribution in [-0.2, 0) is 14.3 Å². The van der Waals surface area contributed by atoms with Gasteiger partial charge in [-0.15, -0.1) is 0 Å². The van der Waals surface area contributed by atoms with E-state index in [1.165, 1.54) is 7.11 Å². The van der Waals surface area contributed by atoms with E-state index < -0.39 is 5.54 Å². The van der Waals surface area contributed by atoms with E-state index in [9.17, 15) is 4.79 Å². The summed E-state index contributed by atoms with van der Waals surface area (Å²) in [7, 11) is 3.02. The monoisotopic (exact) mass is 203 g/mol. The molecule has 0 aliphatic carbocycles. The van der Waals surface area contributed by atoms with Crippen LogP contribution in [0.25, 0.3) is 0 Å². The lowest BCUT2D eigenvalue weighted by Gasteiger charge is -2.29. The number of hydrogen-bond donors (Lipinski definition) is 1. The Morgan fingerprint density at radius 2 is 2.00 bits per heavy atom. The molecule has 0 radical (unpaired) electrons. The Balaban J connectivity index is 4.40. The van der Waals surface area contributed by atoms with Crippen molar-refractivity contribution < 1.29 is 14.3 Å². The van der Waals surface area contributed by atoms with E-state index in [1.54, 1.807) is 7.11 Å². The van der Waals surface area contributed by atoms with Crippen LogP contribution in [0.15, 0.2) is 0 Å². The first-order valence-corrected chi connectivity index (χ1v) is 4.81. The van der Waals surface area contributed by atoms with Crippen molar-refractivity contribution >= 4 is 5.97 Å². The molecular weight excluding hydrogens is 182 g/mol. The Kier molecular flexibility index (Phi) is 5.72. The van der Waals surface area contributed by atoms with Gasteiger partial charge >= 0.3 is 5.97 Å². The zero-order valence-electron chi connectivity index (χ0n) is 9.72. The van der Waals surface area contributed by atoms with Gasteiger partial charge in [-0.05, 0) is 27.2 Å². The predicted octanol–water partition coefficient (Wildman–Crippen LogP) is 0.953. The Hall–Kier alpha value is -0.610. The lowest BCUT2D eigenvalue weighted by atomic mass is 9.97. The van der Waals surface area contributed by atoms with Gasteiger partial charge in [-0.2, -0.15) is 0 Å². The van der Waals surface area contributed by atoms with Crippen molar-refractivity contribution in [2.45, 2.75) is 38.8 Å². The van der Waals surface area contributed by atoms with Crippen molar-refractivity contribution in [3.8, 4) is 0 Å². The number of esters is 1. The highest BCUT2D eigenvalue weighted by atomic mass is 16.5. The van der Waals surface area contributed by atoms with Crippen molar-refractivity contribution in [1.29, 1.82) is 0 Å². The maximum absolute atomic E-state index is 11.5. The molecule has 1 unspecified atom stereocenters. The summed E-state index contributed by atoms with van der Waals surface area (Å²) in [5, 5.41) is 3.19. The van der Waals surface area contributed by atoms with Crippen LogP contribution in [0.5, 0.6) is 0 Å². The molecule has 14 heavy (non-hydrogen) atoms. The average molecular weight is 203 g/mol. The number of nitrogens with one attached hydrogen (secondary N) is 1. The molecule has 0 heterocycles. The molecule has 0 fully saturated rings. The van der Waals surface area contributed by atoms with Gasteiger partial charge in [0.1, 0.15) is 5.54 Å². The fraction of sp³-hybridized carbons (Fsp3) is 0.900. The van der Waals surface area contributed by atoms with Gasteiger partial charge in [0.05, 0.1) is 7.11 Å². The first-order valence-electron chi connectivity index (χ1n) is 4.81. The molecule has 0 spiro atoms. The van der Waals surface area contributed by atoms with Crippen LogP contribution in [0.4, 0.5) is 0 Å². The third-order valence-electron chi connectivity index (χ3n) is 2.05. The topological polar surface area (TPSA) is 47.6 Å². The number of methoxy groups -OCH3 is 2. The first-order chi connectivity index (χ1) is 6.46. The lowest BCUT2D eigenvalue weighted by molar-refractivity contribution is -0.149. The summed E-state index contributed by atoms with van der Waals surface area (Å²) >= 11 is 0. The van der Waals surface area contributed by atoms with Crippen molar-refractivity contribution in [2.24, 2.45) is 0 Å². The van der Waals surface area contributed by atoms with Gasteiger partial charge in [0.15, 0.2) is 0 Å². The van der Waals surface area contributed by atoms with Gasteiger partial charge in [0, 0.05) is 19.8 Å². The maximum atomic E-state index is 11.5. The molecule has 0 amide bonds. The van der Waals surface area contributed by atoms with Crippen molar-refractivity contribution in [2.75, 3.05) is 20.8 Å². The van der Waals surface area contributed by atoms with E-state index in [1.807, 2.05) is 20.8 Å². The largest absolute Gasteiger partial charge is 0.468 e. The summed E-state index contributed by atoms with van der Waals surface area (Å²) in [5.41, 5.74) is -0.654. The molecule has 0 saturated heterocycles. The molecule has 0 aliphatic rings. The minimum atomic E-state index is -0.654. The van der Waals surface area contributed by atoms with Crippen LogP contribution in [0.1, 0.15) is 27.2 Å². The standard InChI is InChI=1S/C10H21NO3/c1-8(2)11-10(3,6-7-13-4)9(12)14-5/h8,11H,6-7H2,1-5H3. The van der Waals surface area contributed by atoms with Crippen LogP contribution >= 0.6 is 0 Å². The van der Waals surface area contributed by atoms with Gasteiger partial charge in [-0.1, -0.05) is 0 Å². The lowest BCUT2D eigenvalue weighted by Crippen LogP contribution is -2.53. The van der Waals surface area contributed by atoms with Gasteiger partial charge in [0.25, 0.3) is 0 Å². The number of carbonyl (C=O) groups excluding carboxylic acids is 1. The zero-order chi connectivity index (χ0) is 11.2. The molecule has 0 aromatic heterocycles. The average Bonchev–Trinajstić information content (AvgIpc) is 2.12. The van der Waals surface area contributed by atoms with E-state index in [4.69, 9.17) is 9.47 Å². The third kappa shape index (κ3) is 4.07. The van der Waals surface area contributed by atoms with E-state index in [2.05, 4.69) is 5.32 Å². The second-order valence-corrected chi connectivity index (χ2v) is 3.87. The van der Waals surface area contributed by atoms with Crippen molar-refractivity contribution in [1.82, 2.24) is 5.32 Å². The molecule has 0 rings (SSSR count). The molecule has 0 saturated carbocycles. The van der Waals surface area contributed by atoms with Crippen LogP contribution in [0, 0.1) is 0 Å². The molecule has 0 aliphatic heterocycles. The van der Waals surface area contributed by atoms with Crippen LogP contribution < -0.4 is 5.32 Å². The Morgan fingerprint density at radius 3 is 2.36 bits per heavy atom. The first kappa shape index (κ1) is 13.4. The van der Waals surface area contributed by atoms with Gasteiger partial charge in [-0.3, -0.25) is 10.1 Å². The number of rotatable bonds is 6. The molecule has 0 aromatic carbocycles. The SMILES string of the molecule is COCCC(C)(NC(C)C)C(=O)OC. The minimum Gasteiger partial charge on any atom is -0.468 e. The smallest absolute Gasteiger partial charge is 0.325 e. The number of hydrogen-bond acceptors (Lipinski definition) is 4. The van der Waals surface area contributed by atoms with Gasteiger partial charge < -0.3 is 9.47 Å². The minimum absolute atomic E-state index is 0.232. The highest BCUT2D eigenvalue weighted by Gasteiger charge is 2.34. The molecule has 4 heteroatoms. The van der Waals surface area contributed by atoms with Crippen molar-refractivity contribution in [3.05, 3.63) is 0 Å². The molecule has 0 aromatic rings. The summed E-state index contributed by atoms with van der Waals surface area (Å²) in [6.07, 6.45) is 0.606. The summed E-state index contributed by atoms with van der Waals surface area (Å²) < 4.78 is 9.72. The second kappa shape index (κ2) is 5.98. The molecule has 1 atom stereocenters. The summed E-state index contributed by atoms with van der Waals surface area (Å²) in [5.74, 6) is -0.247. The molecule has 0 bridgehead atoms. The Bertz CT molecular complexity index is 182. The fourth-order valence-corrected chi connectivity index (χ4v) is 1.40.